The molecule has 0 saturated heterocycles. The van der Waals surface area contributed by atoms with Crippen molar-refractivity contribution in [2.24, 2.45) is 5.92 Å². The molecule has 1 atom stereocenters. The van der Waals surface area contributed by atoms with Crippen LogP contribution in [0.3, 0.4) is 0 Å². The zero-order chi connectivity index (χ0) is 29.6. The van der Waals surface area contributed by atoms with E-state index in [4.69, 9.17) is 4.52 Å². The van der Waals surface area contributed by atoms with Crippen molar-refractivity contribution >= 4 is 27.7 Å². The molecule has 0 radical (unpaired) electrons. The Morgan fingerprint density at radius 2 is 1.68 bits per heavy atom. The molecule has 0 spiro atoms. The number of likely N-dealkylation sites (N-methyl/N-ethyl adjacent to an activating group) is 1. The summed E-state index contributed by atoms with van der Waals surface area (Å²) < 4.78 is 34.3. The van der Waals surface area contributed by atoms with E-state index in [-0.39, 0.29) is 35.1 Å². The first-order valence-electron chi connectivity index (χ1n) is 13.5. The Kier molecular flexibility index (Phi) is 10.1. The predicted octanol–water partition coefficient (Wildman–Crippen LogP) is 5.39. The van der Waals surface area contributed by atoms with E-state index in [1.807, 2.05) is 45.0 Å². The van der Waals surface area contributed by atoms with Crippen molar-refractivity contribution in [1.29, 1.82) is 0 Å². The summed E-state index contributed by atoms with van der Waals surface area (Å²) in [5.41, 5.74) is 3.29. The van der Waals surface area contributed by atoms with Gasteiger partial charge in [-0.25, -0.2) is 13.1 Å². The molecule has 3 aromatic rings. The minimum Gasteiger partial charge on any atom is -0.347 e. The molecule has 40 heavy (non-hydrogen) atoms. The molecular weight excluding hydrogens is 528 g/mol. The third-order valence-electron chi connectivity index (χ3n) is 6.90. The molecule has 1 heterocycles. The van der Waals surface area contributed by atoms with E-state index in [1.165, 1.54) is 4.90 Å². The molecule has 0 unspecified atom stereocenters. The summed E-state index contributed by atoms with van der Waals surface area (Å²) in [5, 5.41) is 3.83. The lowest BCUT2D eigenvalue weighted by atomic mass is 9.98. The lowest BCUT2D eigenvalue weighted by Crippen LogP contribution is -2.51. The fourth-order valence-corrected chi connectivity index (χ4v) is 5.75. The maximum absolute atomic E-state index is 13.3. The van der Waals surface area contributed by atoms with Gasteiger partial charge in [0.15, 0.2) is 0 Å². The number of benzene rings is 2. The van der Waals surface area contributed by atoms with Crippen LogP contribution in [0.15, 0.2) is 57.9 Å². The Bertz CT molecular complexity index is 1430. The Morgan fingerprint density at radius 1 is 1.02 bits per heavy atom. The summed E-state index contributed by atoms with van der Waals surface area (Å²) in [6, 6.07) is 13.5. The first-order valence-corrected chi connectivity index (χ1v) is 15.0. The minimum atomic E-state index is -3.97. The van der Waals surface area contributed by atoms with Crippen LogP contribution < -0.4 is 4.72 Å². The van der Waals surface area contributed by atoms with Gasteiger partial charge in [0.1, 0.15) is 6.04 Å². The predicted molar refractivity (Wildman–Crippen MR) is 156 cm³/mol. The van der Waals surface area contributed by atoms with Crippen LogP contribution in [-0.2, 0) is 26.2 Å². The van der Waals surface area contributed by atoms with Gasteiger partial charge in [0.05, 0.1) is 10.6 Å². The van der Waals surface area contributed by atoms with Crippen LogP contribution in [0.1, 0.15) is 56.9 Å². The molecule has 0 aliphatic carbocycles. The summed E-state index contributed by atoms with van der Waals surface area (Å²) >= 11 is 0. The number of carbonyl (C=O) groups is 2. The largest absolute Gasteiger partial charge is 0.347 e. The molecule has 0 saturated carbocycles. The zero-order valence-corrected chi connectivity index (χ0v) is 25.2. The molecule has 2 aromatic carbocycles. The minimum absolute atomic E-state index is 0.0553. The summed E-state index contributed by atoms with van der Waals surface area (Å²) in [6.45, 7) is 9.68. The van der Waals surface area contributed by atoms with Crippen LogP contribution in [0.25, 0.3) is 11.1 Å². The van der Waals surface area contributed by atoms with Gasteiger partial charge >= 0.3 is 0 Å². The highest BCUT2D eigenvalue weighted by molar-refractivity contribution is 7.92. The van der Waals surface area contributed by atoms with Gasteiger partial charge in [-0.15, -0.1) is 0 Å². The average Bonchev–Trinajstić information content (AvgIpc) is 3.23. The van der Waals surface area contributed by atoms with E-state index in [0.717, 1.165) is 18.4 Å². The van der Waals surface area contributed by atoms with Gasteiger partial charge in [0.2, 0.25) is 17.7 Å². The van der Waals surface area contributed by atoms with E-state index in [2.05, 4.69) is 9.88 Å². The second-order valence-electron chi connectivity index (χ2n) is 10.6. The highest BCUT2D eigenvalue weighted by atomic mass is 32.2. The first-order chi connectivity index (χ1) is 18.9. The fraction of sp³-hybridized carbons (Fsp3) is 0.433. The number of sulfonamides is 1. The lowest BCUT2D eigenvalue weighted by molar-refractivity contribution is -0.147. The van der Waals surface area contributed by atoms with E-state index >= 15 is 0 Å². The highest BCUT2D eigenvalue weighted by Gasteiger charge is 2.33. The summed E-state index contributed by atoms with van der Waals surface area (Å²) in [6.07, 6.45) is 2.01. The smallest absolute Gasteiger partial charge is 0.264 e. The zero-order valence-electron chi connectivity index (χ0n) is 24.4. The number of unbranched alkanes of at least 4 members (excludes halogenated alkanes) is 1. The normalized spacial score (nSPS) is 12.3. The maximum Gasteiger partial charge on any atom is 0.264 e. The van der Waals surface area contributed by atoms with Crippen LogP contribution in [-0.4, -0.2) is 55.3 Å². The van der Waals surface area contributed by atoms with Gasteiger partial charge in [-0.1, -0.05) is 74.8 Å². The summed E-state index contributed by atoms with van der Waals surface area (Å²) in [7, 11) is -0.566. The SMILES string of the molecule is CCCCC(=O)N(Cc1ccc(-c2ccccc2S(=O)(=O)Nc2onc(C)c2C)cc1)[C@H](C(=O)N(C)C)C(C)C. The topological polar surface area (TPSA) is 113 Å². The molecule has 1 N–H and O–H groups in total. The van der Waals surface area contributed by atoms with Gasteiger partial charge in [-0.3, -0.25) is 9.59 Å². The molecule has 9 nitrogen and oxygen atoms in total. The second-order valence-corrected chi connectivity index (χ2v) is 12.2. The second kappa shape index (κ2) is 13.1. The average molecular weight is 569 g/mol. The quantitative estimate of drug-likeness (QED) is 0.313. The number of aromatic nitrogens is 1. The van der Waals surface area contributed by atoms with Gasteiger partial charge < -0.3 is 14.3 Å². The molecule has 0 fully saturated rings. The van der Waals surface area contributed by atoms with Gasteiger partial charge in [-0.2, -0.15) is 0 Å². The third-order valence-corrected chi connectivity index (χ3v) is 8.29. The number of amides is 2. The molecule has 2 amide bonds. The van der Waals surface area contributed by atoms with Gasteiger partial charge in [0.25, 0.3) is 10.0 Å². The van der Waals surface area contributed by atoms with E-state index in [0.29, 0.717) is 28.8 Å². The number of hydrogen-bond acceptors (Lipinski definition) is 6. The van der Waals surface area contributed by atoms with Gasteiger partial charge in [0, 0.05) is 38.2 Å². The number of carbonyl (C=O) groups excluding carboxylic acids is 2. The van der Waals surface area contributed by atoms with E-state index in [1.54, 1.807) is 57.1 Å². The van der Waals surface area contributed by atoms with Gasteiger partial charge in [-0.05, 0) is 43.4 Å². The molecule has 0 aliphatic rings. The Balaban J connectivity index is 1.93. The number of anilines is 1. The van der Waals surface area contributed by atoms with Crippen molar-refractivity contribution in [3.05, 3.63) is 65.4 Å². The van der Waals surface area contributed by atoms with Crippen molar-refractivity contribution in [1.82, 2.24) is 15.0 Å². The van der Waals surface area contributed by atoms with Crippen LogP contribution in [0.2, 0.25) is 0 Å². The van der Waals surface area contributed by atoms with Crippen molar-refractivity contribution in [2.75, 3.05) is 18.8 Å². The first kappa shape index (κ1) is 30.9. The molecule has 216 valence electrons. The highest BCUT2D eigenvalue weighted by Crippen LogP contribution is 2.30. The number of hydrogen-bond donors (Lipinski definition) is 1. The van der Waals surface area contributed by atoms with Crippen molar-refractivity contribution < 1.29 is 22.5 Å². The Hall–Kier alpha value is -3.66. The van der Waals surface area contributed by atoms with E-state index < -0.39 is 16.1 Å². The molecule has 10 heteroatoms. The fourth-order valence-electron chi connectivity index (χ4n) is 4.47. The van der Waals surface area contributed by atoms with E-state index in [9.17, 15) is 18.0 Å². The third kappa shape index (κ3) is 7.10. The monoisotopic (exact) mass is 568 g/mol. The molecule has 1 aromatic heterocycles. The molecule has 3 rings (SSSR count). The number of nitrogens with one attached hydrogen (secondary N) is 1. The molecular formula is C30H40N4O5S. The summed E-state index contributed by atoms with van der Waals surface area (Å²) in [5.74, 6) is -0.149. The van der Waals surface area contributed by atoms with Crippen molar-refractivity contribution in [3.63, 3.8) is 0 Å². The van der Waals surface area contributed by atoms with Crippen LogP contribution >= 0.6 is 0 Å². The van der Waals surface area contributed by atoms with Crippen molar-refractivity contribution in [3.8, 4) is 11.1 Å². The number of rotatable bonds is 12. The van der Waals surface area contributed by atoms with Crippen LogP contribution in [0, 0.1) is 19.8 Å². The molecule has 0 aliphatic heterocycles. The number of nitrogens with zero attached hydrogens (tertiary/aromatic N) is 3. The van der Waals surface area contributed by atoms with Crippen LogP contribution in [0.4, 0.5) is 5.88 Å². The summed E-state index contributed by atoms with van der Waals surface area (Å²) in [4.78, 5) is 29.7. The molecule has 0 bridgehead atoms. The Morgan fingerprint density at radius 3 is 2.23 bits per heavy atom. The lowest BCUT2D eigenvalue weighted by Gasteiger charge is -2.35. The van der Waals surface area contributed by atoms with Crippen molar-refractivity contribution in [2.45, 2.75) is 71.4 Å². The standard InChI is InChI=1S/C30H40N4O5S/c1-8-9-14-27(35)34(28(20(2)3)30(36)33(6)7)19-23-15-17-24(18-16-23)25-12-10-11-13-26(25)40(37,38)32-29-21(4)22(5)31-39-29/h10-13,15-18,20,28,32H,8-9,14,19H2,1-7H3/t28-/m0/s1. The Labute approximate surface area is 237 Å². The number of aryl methyl sites for hydroxylation is 1. The maximum atomic E-state index is 13.3. The van der Waals surface area contributed by atoms with Crippen LogP contribution in [0.5, 0.6) is 0 Å².